The normalized spacial score (nSPS) is 27.0. The number of hydrogen-bond donors (Lipinski definition) is 2. The van der Waals surface area contributed by atoms with E-state index in [1.165, 1.54) is 0 Å². The Labute approximate surface area is 169 Å². The summed E-state index contributed by atoms with van der Waals surface area (Å²) in [5.74, 6) is 0.743. The summed E-state index contributed by atoms with van der Waals surface area (Å²) in [7, 11) is 0. The van der Waals surface area contributed by atoms with Crippen LogP contribution in [0.2, 0.25) is 0 Å². The number of carbonyl (C=O) groups excluding carboxylic acids is 3. The van der Waals surface area contributed by atoms with Crippen LogP contribution < -0.4 is 20.1 Å². The third-order valence-electron chi connectivity index (χ3n) is 6.25. The fraction of sp³-hybridized carbons (Fsp3) is 0.571. The van der Waals surface area contributed by atoms with Crippen molar-refractivity contribution >= 4 is 17.8 Å². The maximum Gasteiger partial charge on any atom is 0.325 e. The minimum Gasteiger partial charge on any atom is -0.486 e. The van der Waals surface area contributed by atoms with Crippen LogP contribution in [0.15, 0.2) is 18.2 Å². The molecule has 3 atom stereocenters. The van der Waals surface area contributed by atoms with Crippen molar-refractivity contribution < 1.29 is 23.9 Å². The molecule has 3 unspecified atom stereocenters. The Bertz CT molecular complexity index is 842. The fourth-order valence-corrected chi connectivity index (χ4v) is 4.48. The van der Waals surface area contributed by atoms with Crippen molar-refractivity contribution in [1.82, 2.24) is 15.5 Å². The topological polar surface area (TPSA) is 97.0 Å². The lowest BCUT2D eigenvalue weighted by Crippen LogP contribution is -2.54. The molecular formula is C21H27N3O5. The van der Waals surface area contributed by atoms with Crippen molar-refractivity contribution in [3.05, 3.63) is 23.8 Å². The molecule has 1 aromatic carbocycles. The zero-order valence-electron chi connectivity index (χ0n) is 16.8. The predicted octanol–water partition coefficient (Wildman–Crippen LogP) is 2.14. The van der Waals surface area contributed by atoms with Crippen molar-refractivity contribution in [3.63, 3.8) is 0 Å². The van der Waals surface area contributed by atoms with Gasteiger partial charge >= 0.3 is 6.03 Å². The van der Waals surface area contributed by atoms with Gasteiger partial charge in [0.25, 0.3) is 5.91 Å². The molecule has 4 rings (SSSR count). The first-order valence-corrected chi connectivity index (χ1v) is 10.2. The molecule has 0 bridgehead atoms. The maximum absolute atomic E-state index is 13.0. The standard InChI is InChI=1S/C21H27N3O5/c1-13-5-3-4-8-21(13)19(26)24(20(27)23-21)12-18(25)22-14(2)15-6-7-16-17(11-15)29-10-9-28-16/h6-7,11,13-14H,3-5,8-10,12H2,1-2H3,(H,22,25)(H,23,27). The second-order valence-corrected chi connectivity index (χ2v) is 8.13. The molecule has 0 radical (unpaired) electrons. The Hall–Kier alpha value is -2.77. The highest BCUT2D eigenvalue weighted by atomic mass is 16.6. The highest BCUT2D eigenvalue weighted by Crippen LogP contribution is 2.38. The predicted molar refractivity (Wildman–Crippen MR) is 105 cm³/mol. The van der Waals surface area contributed by atoms with Crippen LogP contribution in [0.25, 0.3) is 0 Å². The van der Waals surface area contributed by atoms with Gasteiger partial charge in [-0.25, -0.2) is 4.79 Å². The number of carbonyl (C=O) groups is 3. The number of amides is 4. The number of hydrogen-bond acceptors (Lipinski definition) is 5. The highest BCUT2D eigenvalue weighted by Gasteiger charge is 2.55. The number of ether oxygens (including phenoxy) is 2. The third kappa shape index (κ3) is 3.52. The van der Waals surface area contributed by atoms with Gasteiger partial charge in [0, 0.05) is 0 Å². The summed E-state index contributed by atoms with van der Waals surface area (Å²) in [6.07, 6.45) is 3.48. The smallest absolute Gasteiger partial charge is 0.325 e. The number of rotatable bonds is 4. The fourth-order valence-electron chi connectivity index (χ4n) is 4.48. The minimum atomic E-state index is -0.850. The number of nitrogens with zero attached hydrogens (tertiary/aromatic N) is 1. The molecule has 3 aliphatic rings. The van der Waals surface area contributed by atoms with Crippen molar-refractivity contribution in [2.24, 2.45) is 5.92 Å². The van der Waals surface area contributed by atoms with E-state index in [2.05, 4.69) is 10.6 Å². The highest BCUT2D eigenvalue weighted by molar-refractivity contribution is 6.09. The van der Waals surface area contributed by atoms with Crippen LogP contribution in [0, 0.1) is 5.92 Å². The molecule has 1 aromatic rings. The lowest BCUT2D eigenvalue weighted by atomic mass is 9.73. The van der Waals surface area contributed by atoms with Gasteiger partial charge < -0.3 is 20.1 Å². The average Bonchev–Trinajstić information content (AvgIpc) is 2.94. The Kier molecular flexibility index (Phi) is 5.10. The molecule has 2 aliphatic heterocycles. The lowest BCUT2D eigenvalue weighted by molar-refractivity contribution is -0.137. The number of imide groups is 1. The molecule has 2 heterocycles. The summed E-state index contributed by atoms with van der Waals surface area (Å²) in [5.41, 5.74) is 0.00836. The van der Waals surface area contributed by atoms with Gasteiger partial charge in [0.15, 0.2) is 11.5 Å². The first-order chi connectivity index (χ1) is 13.9. The maximum atomic E-state index is 13.0. The molecule has 29 heavy (non-hydrogen) atoms. The van der Waals surface area contributed by atoms with Gasteiger partial charge in [-0.1, -0.05) is 25.8 Å². The van der Waals surface area contributed by atoms with Crippen LogP contribution in [0.1, 0.15) is 51.1 Å². The molecule has 2 N–H and O–H groups in total. The largest absolute Gasteiger partial charge is 0.486 e. The van der Waals surface area contributed by atoms with Crippen molar-refractivity contribution in [2.75, 3.05) is 19.8 Å². The quantitative estimate of drug-likeness (QED) is 0.754. The third-order valence-corrected chi connectivity index (χ3v) is 6.25. The molecule has 1 aliphatic carbocycles. The van der Waals surface area contributed by atoms with E-state index in [1.807, 2.05) is 32.0 Å². The molecular weight excluding hydrogens is 374 g/mol. The first kappa shape index (κ1) is 19.5. The van der Waals surface area contributed by atoms with Gasteiger partial charge in [-0.3, -0.25) is 14.5 Å². The Morgan fingerprint density at radius 3 is 2.79 bits per heavy atom. The SMILES string of the molecule is CC(NC(=O)CN1C(=O)NC2(CCCCC2C)C1=O)c1ccc2c(c1)OCCO2. The molecule has 8 heteroatoms. The molecule has 156 valence electrons. The first-order valence-electron chi connectivity index (χ1n) is 10.2. The molecule has 1 saturated heterocycles. The Morgan fingerprint density at radius 2 is 2.03 bits per heavy atom. The van der Waals surface area contributed by atoms with E-state index in [1.54, 1.807) is 0 Å². The summed E-state index contributed by atoms with van der Waals surface area (Å²) >= 11 is 0. The second-order valence-electron chi connectivity index (χ2n) is 8.13. The molecule has 0 aromatic heterocycles. The minimum absolute atomic E-state index is 0.0670. The van der Waals surface area contributed by atoms with Gasteiger partial charge in [0.2, 0.25) is 5.91 Å². The Balaban J connectivity index is 1.40. The molecule has 2 fully saturated rings. The summed E-state index contributed by atoms with van der Waals surface area (Å²) in [6, 6.07) is 4.74. The molecule has 1 spiro atoms. The van der Waals surface area contributed by atoms with Crippen molar-refractivity contribution in [1.29, 1.82) is 0 Å². The van der Waals surface area contributed by atoms with E-state index in [0.717, 1.165) is 29.7 Å². The molecule has 1 saturated carbocycles. The van der Waals surface area contributed by atoms with E-state index in [0.29, 0.717) is 31.1 Å². The number of nitrogens with one attached hydrogen (secondary N) is 2. The molecule has 8 nitrogen and oxygen atoms in total. The Morgan fingerprint density at radius 1 is 1.28 bits per heavy atom. The number of fused-ring (bicyclic) bond motifs is 1. The van der Waals surface area contributed by atoms with Gasteiger partial charge in [0.05, 0.1) is 6.04 Å². The lowest BCUT2D eigenvalue weighted by Gasteiger charge is -2.36. The van der Waals surface area contributed by atoms with Crippen molar-refractivity contribution in [3.8, 4) is 11.5 Å². The zero-order chi connectivity index (χ0) is 20.6. The zero-order valence-corrected chi connectivity index (χ0v) is 16.8. The monoisotopic (exact) mass is 401 g/mol. The second kappa shape index (κ2) is 7.57. The van der Waals surface area contributed by atoms with Crippen LogP contribution in [-0.4, -0.2) is 48.0 Å². The van der Waals surface area contributed by atoms with Gasteiger partial charge in [-0.05, 0) is 43.4 Å². The van der Waals surface area contributed by atoms with Gasteiger partial charge in [-0.2, -0.15) is 0 Å². The van der Waals surface area contributed by atoms with E-state index in [4.69, 9.17) is 9.47 Å². The number of benzene rings is 1. The molecule has 4 amide bonds. The van der Waals surface area contributed by atoms with Crippen LogP contribution in [0.4, 0.5) is 4.79 Å². The van der Waals surface area contributed by atoms with Gasteiger partial charge in [0.1, 0.15) is 25.3 Å². The summed E-state index contributed by atoms with van der Waals surface area (Å²) in [4.78, 5) is 39.0. The summed E-state index contributed by atoms with van der Waals surface area (Å²) < 4.78 is 11.1. The van der Waals surface area contributed by atoms with Crippen LogP contribution in [-0.2, 0) is 9.59 Å². The number of urea groups is 1. The van der Waals surface area contributed by atoms with E-state index in [-0.39, 0.29) is 30.3 Å². The van der Waals surface area contributed by atoms with E-state index in [9.17, 15) is 14.4 Å². The van der Waals surface area contributed by atoms with E-state index >= 15 is 0 Å². The van der Waals surface area contributed by atoms with Crippen molar-refractivity contribution in [2.45, 2.75) is 51.1 Å². The summed E-state index contributed by atoms with van der Waals surface area (Å²) in [6.45, 7) is 4.56. The van der Waals surface area contributed by atoms with E-state index < -0.39 is 11.6 Å². The van der Waals surface area contributed by atoms with Gasteiger partial charge in [-0.15, -0.1) is 0 Å². The van der Waals surface area contributed by atoms with Crippen LogP contribution in [0.3, 0.4) is 0 Å². The van der Waals surface area contributed by atoms with Crippen LogP contribution in [0.5, 0.6) is 11.5 Å². The summed E-state index contributed by atoms with van der Waals surface area (Å²) in [5, 5.41) is 5.73. The average molecular weight is 401 g/mol. The van der Waals surface area contributed by atoms with Crippen LogP contribution >= 0.6 is 0 Å².